The van der Waals surface area contributed by atoms with E-state index in [0.717, 1.165) is 25.7 Å². The van der Waals surface area contributed by atoms with Crippen molar-refractivity contribution in [2.24, 2.45) is 11.1 Å². The second kappa shape index (κ2) is 6.56. The molecule has 0 saturated heterocycles. The third-order valence-corrected chi connectivity index (χ3v) is 3.19. The second-order valence-electron chi connectivity index (χ2n) is 4.39. The summed E-state index contributed by atoms with van der Waals surface area (Å²) in [4.78, 5) is 22.1. The highest BCUT2D eigenvalue weighted by atomic mass is 16.5. The lowest BCUT2D eigenvalue weighted by Gasteiger charge is -2.25. The van der Waals surface area contributed by atoms with Gasteiger partial charge in [0.25, 0.3) is 0 Å². The number of aliphatic carboxylic acids is 1. The average molecular weight is 244 g/mol. The summed E-state index contributed by atoms with van der Waals surface area (Å²) in [6.07, 6.45) is 3.76. The number of amides is 1. The molecular weight excluding hydrogens is 224 g/mol. The third kappa shape index (κ3) is 3.98. The molecule has 1 aliphatic carbocycles. The van der Waals surface area contributed by atoms with Crippen LogP contribution < -0.4 is 11.1 Å². The van der Waals surface area contributed by atoms with Crippen LogP contribution in [0.5, 0.6) is 0 Å². The van der Waals surface area contributed by atoms with Crippen molar-refractivity contribution < 1.29 is 19.4 Å². The average Bonchev–Trinajstić information content (AvgIpc) is 2.77. The van der Waals surface area contributed by atoms with E-state index >= 15 is 0 Å². The molecule has 1 fully saturated rings. The molecule has 0 atom stereocenters. The first kappa shape index (κ1) is 13.9. The predicted octanol–water partition coefficient (Wildman–Crippen LogP) is -0.277. The Kier molecular flexibility index (Phi) is 5.37. The zero-order chi connectivity index (χ0) is 12.7. The number of hydrogen-bond donors (Lipinski definition) is 3. The summed E-state index contributed by atoms with van der Waals surface area (Å²) >= 11 is 0. The van der Waals surface area contributed by atoms with Gasteiger partial charge in [0.1, 0.15) is 6.61 Å². The summed E-state index contributed by atoms with van der Waals surface area (Å²) in [5, 5.41) is 11.1. The van der Waals surface area contributed by atoms with Crippen molar-refractivity contribution in [2.45, 2.75) is 25.7 Å². The van der Waals surface area contributed by atoms with Crippen molar-refractivity contribution in [1.29, 1.82) is 0 Å². The summed E-state index contributed by atoms with van der Waals surface area (Å²) in [7, 11) is 0. The number of nitrogens with one attached hydrogen (secondary N) is 1. The normalized spacial score (nSPS) is 17.9. The smallest absolute Gasteiger partial charge is 0.329 e. The number of ether oxygens (including phenoxy) is 1. The molecule has 0 aromatic rings. The van der Waals surface area contributed by atoms with Crippen LogP contribution in [0.15, 0.2) is 0 Å². The summed E-state index contributed by atoms with van der Waals surface area (Å²) < 4.78 is 4.83. The quantitative estimate of drug-likeness (QED) is 0.535. The molecule has 6 heteroatoms. The molecular formula is C11H20N2O4. The Morgan fingerprint density at radius 1 is 1.35 bits per heavy atom. The molecule has 0 unspecified atom stereocenters. The molecule has 98 valence electrons. The number of nitrogens with two attached hydrogens (primary N) is 1. The van der Waals surface area contributed by atoms with Crippen LogP contribution in [-0.2, 0) is 14.3 Å². The number of carbonyl (C=O) groups is 2. The van der Waals surface area contributed by atoms with Gasteiger partial charge >= 0.3 is 5.97 Å². The molecule has 0 aliphatic heterocycles. The van der Waals surface area contributed by atoms with Gasteiger partial charge in [0.15, 0.2) is 0 Å². The Hall–Kier alpha value is -1.14. The molecule has 0 aromatic heterocycles. The second-order valence-corrected chi connectivity index (χ2v) is 4.39. The van der Waals surface area contributed by atoms with E-state index in [1.807, 2.05) is 0 Å². The first-order chi connectivity index (χ1) is 8.10. The Bertz CT molecular complexity index is 275. The molecule has 0 spiro atoms. The van der Waals surface area contributed by atoms with Crippen LogP contribution in [0.1, 0.15) is 25.7 Å². The van der Waals surface area contributed by atoms with Gasteiger partial charge in [-0.05, 0) is 12.8 Å². The Morgan fingerprint density at radius 2 is 2.00 bits per heavy atom. The Morgan fingerprint density at radius 3 is 2.53 bits per heavy atom. The summed E-state index contributed by atoms with van der Waals surface area (Å²) in [5.41, 5.74) is 5.26. The molecule has 1 saturated carbocycles. The van der Waals surface area contributed by atoms with Crippen molar-refractivity contribution >= 4 is 11.9 Å². The molecule has 0 radical (unpaired) electrons. The van der Waals surface area contributed by atoms with E-state index in [0.29, 0.717) is 13.1 Å². The monoisotopic (exact) mass is 244 g/mol. The van der Waals surface area contributed by atoms with E-state index in [2.05, 4.69) is 5.32 Å². The molecule has 17 heavy (non-hydrogen) atoms. The van der Waals surface area contributed by atoms with Crippen molar-refractivity contribution in [3.8, 4) is 0 Å². The van der Waals surface area contributed by atoms with Gasteiger partial charge < -0.3 is 20.9 Å². The molecule has 4 N–H and O–H groups in total. The summed E-state index contributed by atoms with van der Waals surface area (Å²) in [6, 6.07) is 0. The molecule has 1 amide bonds. The van der Waals surface area contributed by atoms with E-state index < -0.39 is 11.4 Å². The largest absolute Gasteiger partial charge is 0.480 e. The van der Waals surface area contributed by atoms with E-state index in [9.17, 15) is 9.59 Å². The van der Waals surface area contributed by atoms with Crippen molar-refractivity contribution in [2.75, 3.05) is 26.3 Å². The number of hydrogen-bond acceptors (Lipinski definition) is 4. The number of rotatable bonds is 7. The fraction of sp³-hybridized carbons (Fsp3) is 0.818. The minimum Gasteiger partial charge on any atom is -0.480 e. The summed E-state index contributed by atoms with van der Waals surface area (Å²) in [6.45, 7) is 0.569. The summed E-state index contributed by atoms with van der Waals surface area (Å²) in [5.74, 6) is -1.04. The number of carbonyl (C=O) groups excluding carboxylic acids is 1. The standard InChI is InChI=1S/C11H20N2O4/c12-8-11(3-1-2-4-11)10(16)13-5-6-17-7-9(14)15/h1-8,12H2,(H,13,16)(H,14,15). The molecule has 0 heterocycles. The predicted molar refractivity (Wildman–Crippen MR) is 61.4 cm³/mol. The van der Waals surface area contributed by atoms with Gasteiger partial charge in [0.05, 0.1) is 12.0 Å². The minimum absolute atomic E-state index is 0.0311. The van der Waals surface area contributed by atoms with Gasteiger partial charge in [-0.15, -0.1) is 0 Å². The lowest BCUT2D eigenvalue weighted by molar-refractivity contribution is -0.142. The molecule has 0 aromatic carbocycles. The SMILES string of the molecule is NCC1(C(=O)NCCOCC(=O)O)CCCC1. The molecule has 1 aliphatic rings. The highest BCUT2D eigenvalue weighted by Gasteiger charge is 2.39. The fourth-order valence-electron chi connectivity index (χ4n) is 2.16. The lowest BCUT2D eigenvalue weighted by atomic mass is 9.85. The maximum atomic E-state index is 11.9. The van der Waals surface area contributed by atoms with Gasteiger partial charge in [-0.3, -0.25) is 4.79 Å². The minimum atomic E-state index is -1.01. The van der Waals surface area contributed by atoms with Crippen molar-refractivity contribution in [3.05, 3.63) is 0 Å². The van der Waals surface area contributed by atoms with Crippen LogP contribution in [0, 0.1) is 5.41 Å². The topological polar surface area (TPSA) is 102 Å². The van der Waals surface area contributed by atoms with Crippen LogP contribution in [0.2, 0.25) is 0 Å². The first-order valence-electron chi connectivity index (χ1n) is 5.89. The lowest BCUT2D eigenvalue weighted by Crippen LogP contribution is -2.45. The maximum Gasteiger partial charge on any atom is 0.329 e. The number of carboxylic acids is 1. The molecule has 6 nitrogen and oxygen atoms in total. The van der Waals surface area contributed by atoms with Gasteiger partial charge in [0, 0.05) is 13.1 Å². The zero-order valence-electron chi connectivity index (χ0n) is 9.91. The van der Waals surface area contributed by atoms with Crippen molar-refractivity contribution in [1.82, 2.24) is 5.32 Å². The highest BCUT2D eigenvalue weighted by molar-refractivity contribution is 5.83. The maximum absolute atomic E-state index is 11.9. The van der Waals surface area contributed by atoms with Gasteiger partial charge in [0.2, 0.25) is 5.91 Å². The molecule has 0 bridgehead atoms. The first-order valence-corrected chi connectivity index (χ1v) is 5.89. The van der Waals surface area contributed by atoms with E-state index in [1.165, 1.54) is 0 Å². The van der Waals surface area contributed by atoms with Crippen LogP contribution in [0.3, 0.4) is 0 Å². The number of carboxylic acid groups (broad SMARTS) is 1. The van der Waals surface area contributed by atoms with E-state index in [-0.39, 0.29) is 19.1 Å². The van der Waals surface area contributed by atoms with Crippen LogP contribution in [-0.4, -0.2) is 43.3 Å². The van der Waals surface area contributed by atoms with Crippen LogP contribution in [0.4, 0.5) is 0 Å². The van der Waals surface area contributed by atoms with Gasteiger partial charge in [-0.1, -0.05) is 12.8 Å². The zero-order valence-corrected chi connectivity index (χ0v) is 9.91. The Balaban J connectivity index is 2.22. The highest BCUT2D eigenvalue weighted by Crippen LogP contribution is 2.37. The molecule has 1 rings (SSSR count). The van der Waals surface area contributed by atoms with Crippen molar-refractivity contribution in [3.63, 3.8) is 0 Å². The van der Waals surface area contributed by atoms with Crippen LogP contribution >= 0.6 is 0 Å². The van der Waals surface area contributed by atoms with Crippen LogP contribution in [0.25, 0.3) is 0 Å². The Labute approximate surface area is 101 Å². The van der Waals surface area contributed by atoms with E-state index in [1.54, 1.807) is 0 Å². The van der Waals surface area contributed by atoms with Gasteiger partial charge in [-0.2, -0.15) is 0 Å². The van der Waals surface area contributed by atoms with E-state index in [4.69, 9.17) is 15.6 Å². The van der Waals surface area contributed by atoms with Gasteiger partial charge in [-0.25, -0.2) is 4.79 Å². The fourth-order valence-corrected chi connectivity index (χ4v) is 2.16. The third-order valence-electron chi connectivity index (χ3n) is 3.19.